The first kappa shape index (κ1) is 14.5. The molecule has 1 N–H and O–H groups in total. The molecule has 0 aliphatic heterocycles. The topological polar surface area (TPSA) is 52.0 Å². The van der Waals surface area contributed by atoms with Gasteiger partial charge in [-0.3, -0.25) is 4.68 Å². The van der Waals surface area contributed by atoms with Crippen LogP contribution in [0.1, 0.15) is 30.6 Å². The van der Waals surface area contributed by atoms with Gasteiger partial charge in [-0.05, 0) is 31.0 Å². The van der Waals surface area contributed by atoms with Gasteiger partial charge in [0.2, 0.25) is 5.88 Å². The van der Waals surface area contributed by atoms with Crippen LogP contribution in [-0.4, -0.2) is 28.4 Å². The smallest absolute Gasteiger partial charge is 0.212 e. The van der Waals surface area contributed by atoms with E-state index in [0.29, 0.717) is 5.88 Å². The first-order valence-corrected chi connectivity index (χ1v) is 6.94. The molecule has 1 atom stereocenters. The highest BCUT2D eigenvalue weighted by Crippen LogP contribution is 2.17. The van der Waals surface area contributed by atoms with Crippen LogP contribution in [0.5, 0.6) is 5.88 Å². The van der Waals surface area contributed by atoms with Crippen molar-refractivity contribution in [2.24, 2.45) is 7.05 Å². The van der Waals surface area contributed by atoms with Crippen molar-refractivity contribution in [3.63, 3.8) is 0 Å². The molecule has 20 heavy (non-hydrogen) atoms. The number of aromatic nitrogens is 3. The van der Waals surface area contributed by atoms with Gasteiger partial charge in [-0.15, -0.1) is 0 Å². The maximum atomic E-state index is 5.08. The largest absolute Gasteiger partial charge is 0.481 e. The van der Waals surface area contributed by atoms with E-state index in [4.69, 9.17) is 4.74 Å². The third kappa shape index (κ3) is 3.81. The lowest BCUT2D eigenvalue weighted by molar-refractivity contribution is 0.397. The number of aryl methyl sites for hydroxylation is 1. The number of rotatable bonds is 7. The van der Waals surface area contributed by atoms with Gasteiger partial charge in [-0.2, -0.15) is 5.10 Å². The molecule has 0 radical (unpaired) electrons. The van der Waals surface area contributed by atoms with E-state index in [-0.39, 0.29) is 6.04 Å². The molecule has 0 aliphatic rings. The molecule has 5 heteroatoms. The second-order valence-electron chi connectivity index (χ2n) is 4.83. The Morgan fingerprint density at radius 2 is 2.20 bits per heavy atom. The molecule has 2 aromatic heterocycles. The summed E-state index contributed by atoms with van der Waals surface area (Å²) in [6, 6.07) is 6.22. The summed E-state index contributed by atoms with van der Waals surface area (Å²) in [5, 5.41) is 8.04. The fourth-order valence-corrected chi connectivity index (χ4v) is 2.11. The van der Waals surface area contributed by atoms with E-state index in [2.05, 4.69) is 34.5 Å². The SMILES string of the molecule is CCCNC(Cc1ccc(OC)nc1)c1ccn(C)n1. The van der Waals surface area contributed by atoms with Gasteiger partial charge >= 0.3 is 0 Å². The molecule has 2 heterocycles. The Hall–Kier alpha value is -1.88. The number of nitrogens with one attached hydrogen (secondary N) is 1. The molecule has 0 fully saturated rings. The first-order valence-electron chi connectivity index (χ1n) is 6.94. The summed E-state index contributed by atoms with van der Waals surface area (Å²) in [4.78, 5) is 4.25. The predicted octanol–water partition coefficient (Wildman–Crippen LogP) is 2.11. The number of pyridine rings is 1. The number of nitrogens with zero attached hydrogens (tertiary/aromatic N) is 3. The van der Waals surface area contributed by atoms with Crippen LogP contribution < -0.4 is 10.1 Å². The third-order valence-corrected chi connectivity index (χ3v) is 3.18. The van der Waals surface area contributed by atoms with Gasteiger partial charge in [-0.25, -0.2) is 4.98 Å². The molecular formula is C15H22N4O. The summed E-state index contributed by atoms with van der Waals surface area (Å²) in [5.41, 5.74) is 2.24. The van der Waals surface area contributed by atoms with Crippen LogP contribution in [0, 0.1) is 0 Å². The predicted molar refractivity (Wildman–Crippen MR) is 78.7 cm³/mol. The molecule has 2 rings (SSSR count). The number of hydrogen-bond acceptors (Lipinski definition) is 4. The summed E-state index contributed by atoms with van der Waals surface area (Å²) in [6.45, 7) is 3.14. The van der Waals surface area contributed by atoms with Gasteiger partial charge in [-0.1, -0.05) is 13.0 Å². The molecule has 0 saturated carbocycles. The minimum Gasteiger partial charge on any atom is -0.481 e. The van der Waals surface area contributed by atoms with E-state index in [1.165, 1.54) is 5.56 Å². The van der Waals surface area contributed by atoms with Crippen molar-refractivity contribution in [3.05, 3.63) is 41.9 Å². The lowest BCUT2D eigenvalue weighted by Crippen LogP contribution is -2.24. The second kappa shape index (κ2) is 7.05. The minimum atomic E-state index is 0.214. The number of hydrogen-bond donors (Lipinski definition) is 1. The Labute approximate surface area is 120 Å². The van der Waals surface area contributed by atoms with Gasteiger partial charge in [0.05, 0.1) is 18.8 Å². The standard InChI is InChI=1S/C15H22N4O/c1-4-8-16-14(13-7-9-19(2)18-13)10-12-5-6-15(20-3)17-11-12/h5-7,9,11,14,16H,4,8,10H2,1-3H3. The number of methoxy groups -OCH3 is 1. The van der Waals surface area contributed by atoms with Crippen LogP contribution in [0.4, 0.5) is 0 Å². The van der Waals surface area contributed by atoms with E-state index in [1.54, 1.807) is 7.11 Å². The summed E-state index contributed by atoms with van der Waals surface area (Å²) < 4.78 is 6.92. The van der Waals surface area contributed by atoms with E-state index in [1.807, 2.05) is 30.2 Å². The van der Waals surface area contributed by atoms with Crippen molar-refractivity contribution < 1.29 is 4.74 Å². The molecule has 2 aromatic rings. The Morgan fingerprint density at radius 3 is 2.75 bits per heavy atom. The molecule has 0 saturated heterocycles. The Kier molecular flexibility index (Phi) is 5.12. The van der Waals surface area contributed by atoms with E-state index in [0.717, 1.165) is 25.1 Å². The van der Waals surface area contributed by atoms with Crippen LogP contribution in [0.2, 0.25) is 0 Å². The van der Waals surface area contributed by atoms with E-state index >= 15 is 0 Å². The van der Waals surface area contributed by atoms with Crippen LogP contribution in [0.3, 0.4) is 0 Å². The second-order valence-corrected chi connectivity index (χ2v) is 4.83. The van der Waals surface area contributed by atoms with Crippen molar-refractivity contribution >= 4 is 0 Å². The normalized spacial score (nSPS) is 12.3. The van der Waals surface area contributed by atoms with Crippen LogP contribution in [-0.2, 0) is 13.5 Å². The molecule has 0 amide bonds. The highest BCUT2D eigenvalue weighted by Gasteiger charge is 2.14. The monoisotopic (exact) mass is 274 g/mol. The van der Waals surface area contributed by atoms with Crippen LogP contribution >= 0.6 is 0 Å². The maximum absolute atomic E-state index is 5.08. The summed E-state index contributed by atoms with van der Waals surface area (Å²) in [5.74, 6) is 0.643. The zero-order valence-corrected chi connectivity index (χ0v) is 12.3. The molecule has 1 unspecified atom stereocenters. The Bertz CT molecular complexity index is 521. The highest BCUT2D eigenvalue weighted by atomic mass is 16.5. The Morgan fingerprint density at radius 1 is 1.35 bits per heavy atom. The summed E-state index contributed by atoms with van der Waals surface area (Å²) in [6.07, 6.45) is 5.81. The van der Waals surface area contributed by atoms with E-state index < -0.39 is 0 Å². The van der Waals surface area contributed by atoms with Crippen LogP contribution in [0.25, 0.3) is 0 Å². The Balaban J connectivity index is 2.10. The average molecular weight is 274 g/mol. The summed E-state index contributed by atoms with van der Waals surface area (Å²) >= 11 is 0. The minimum absolute atomic E-state index is 0.214. The van der Waals surface area contributed by atoms with E-state index in [9.17, 15) is 0 Å². The fourth-order valence-electron chi connectivity index (χ4n) is 2.11. The average Bonchev–Trinajstić information content (AvgIpc) is 2.90. The molecule has 5 nitrogen and oxygen atoms in total. The third-order valence-electron chi connectivity index (χ3n) is 3.18. The zero-order valence-electron chi connectivity index (χ0n) is 12.3. The lowest BCUT2D eigenvalue weighted by Gasteiger charge is -2.16. The summed E-state index contributed by atoms with van der Waals surface area (Å²) in [7, 11) is 3.57. The quantitative estimate of drug-likeness (QED) is 0.840. The van der Waals surface area contributed by atoms with Gasteiger partial charge in [0.25, 0.3) is 0 Å². The molecule has 0 aliphatic carbocycles. The zero-order chi connectivity index (χ0) is 14.4. The molecule has 0 aromatic carbocycles. The van der Waals surface area contributed by atoms with Gasteiger partial charge < -0.3 is 10.1 Å². The lowest BCUT2D eigenvalue weighted by atomic mass is 10.0. The van der Waals surface area contributed by atoms with Gasteiger partial charge in [0, 0.05) is 25.5 Å². The molecule has 0 bridgehead atoms. The fraction of sp³-hybridized carbons (Fsp3) is 0.467. The number of ether oxygens (including phenoxy) is 1. The van der Waals surface area contributed by atoms with Gasteiger partial charge in [0.15, 0.2) is 0 Å². The van der Waals surface area contributed by atoms with Crippen molar-refractivity contribution in [3.8, 4) is 5.88 Å². The van der Waals surface area contributed by atoms with Crippen molar-refractivity contribution in [1.29, 1.82) is 0 Å². The van der Waals surface area contributed by atoms with Crippen molar-refractivity contribution in [2.75, 3.05) is 13.7 Å². The maximum Gasteiger partial charge on any atom is 0.212 e. The molecule has 108 valence electrons. The van der Waals surface area contributed by atoms with Gasteiger partial charge in [0.1, 0.15) is 0 Å². The van der Waals surface area contributed by atoms with Crippen molar-refractivity contribution in [2.45, 2.75) is 25.8 Å². The highest BCUT2D eigenvalue weighted by molar-refractivity contribution is 5.20. The van der Waals surface area contributed by atoms with Crippen molar-refractivity contribution in [1.82, 2.24) is 20.1 Å². The molecule has 0 spiro atoms. The van der Waals surface area contributed by atoms with Crippen LogP contribution in [0.15, 0.2) is 30.6 Å². The first-order chi connectivity index (χ1) is 9.72. The molecular weight excluding hydrogens is 252 g/mol.